The maximum Gasteiger partial charge on any atom is 0.163 e. The third kappa shape index (κ3) is 5.20. The van der Waals surface area contributed by atoms with E-state index < -0.39 is 0 Å². The zero-order chi connectivity index (χ0) is 33.9. The van der Waals surface area contributed by atoms with Crippen molar-refractivity contribution >= 4 is 84.9 Å². The molecule has 0 saturated carbocycles. The van der Waals surface area contributed by atoms with Crippen LogP contribution in [-0.4, -0.2) is 12.8 Å². The summed E-state index contributed by atoms with van der Waals surface area (Å²) in [6.07, 6.45) is 0. The molecule has 0 aliphatic rings. The molecule has 10 rings (SSSR count). The third-order valence-corrected chi connectivity index (χ3v) is 10.1. The van der Waals surface area contributed by atoms with E-state index in [-0.39, 0.29) is 0 Å². The Kier molecular flexibility index (Phi) is 6.75. The van der Waals surface area contributed by atoms with Gasteiger partial charge in [-0.15, -0.1) is 0 Å². The molecule has 4 heteroatoms. The zero-order valence-electron chi connectivity index (χ0n) is 28.0. The summed E-state index contributed by atoms with van der Waals surface area (Å²) >= 11 is 0. The van der Waals surface area contributed by atoms with Crippen LogP contribution in [0.2, 0.25) is 0 Å². The van der Waals surface area contributed by atoms with Gasteiger partial charge in [0, 0.05) is 39.3 Å². The lowest BCUT2D eigenvalue weighted by Gasteiger charge is -2.26. The monoisotopic (exact) mass is 650 g/mol. The number of furan rings is 1. The van der Waals surface area contributed by atoms with Gasteiger partial charge in [-0.3, -0.25) is 4.98 Å². The number of hydrogen-bond donors (Lipinski definition) is 0. The van der Waals surface area contributed by atoms with Gasteiger partial charge in [0.25, 0.3) is 0 Å². The summed E-state index contributed by atoms with van der Waals surface area (Å²) in [5.74, 6) is 0. The second-order valence-corrected chi connectivity index (χ2v) is 13.3. The molecule has 0 bridgehead atoms. The van der Waals surface area contributed by atoms with Crippen molar-refractivity contribution in [3.05, 3.63) is 176 Å². The summed E-state index contributed by atoms with van der Waals surface area (Å²) in [5, 5.41) is 8.26. The Labute approximate surface area is 296 Å². The molecule has 0 radical (unpaired) electrons. The summed E-state index contributed by atoms with van der Waals surface area (Å²) in [5.41, 5.74) is 11.6. The largest absolute Gasteiger partial charge is 0.456 e. The Balaban J connectivity index is 1.07. The van der Waals surface area contributed by atoms with E-state index in [2.05, 4.69) is 181 Å². The van der Waals surface area contributed by atoms with E-state index in [0.29, 0.717) is 0 Å². The van der Waals surface area contributed by atoms with E-state index in [4.69, 9.17) is 9.40 Å². The summed E-state index contributed by atoms with van der Waals surface area (Å²) in [7, 11) is 2.04. The van der Waals surface area contributed by atoms with Gasteiger partial charge in [0.2, 0.25) is 0 Å². The van der Waals surface area contributed by atoms with E-state index in [9.17, 15) is 0 Å². The molecule has 238 valence electrons. The minimum atomic E-state index is 0.867. The molecule has 8 aromatic carbocycles. The van der Waals surface area contributed by atoms with Gasteiger partial charge < -0.3 is 9.32 Å². The van der Waals surface area contributed by atoms with Gasteiger partial charge in [-0.25, -0.2) is 0 Å². The highest BCUT2D eigenvalue weighted by atomic mass is 16.3. The van der Waals surface area contributed by atoms with E-state index in [1.54, 1.807) is 0 Å². The molecular formula is C47H31BN2O. The molecule has 0 amide bonds. The normalized spacial score (nSPS) is 11.6. The van der Waals surface area contributed by atoms with Gasteiger partial charge in [0.1, 0.15) is 11.2 Å². The van der Waals surface area contributed by atoms with Crippen molar-refractivity contribution in [1.29, 1.82) is 0 Å². The van der Waals surface area contributed by atoms with Crippen molar-refractivity contribution in [3.8, 4) is 22.3 Å². The molecular weight excluding hydrogens is 619 g/mol. The van der Waals surface area contributed by atoms with Gasteiger partial charge in [-0.05, 0) is 110 Å². The first kappa shape index (κ1) is 29.3. The molecule has 0 aliphatic heterocycles. The van der Waals surface area contributed by atoms with Crippen LogP contribution in [0.4, 0.5) is 17.1 Å². The van der Waals surface area contributed by atoms with Crippen LogP contribution in [0.3, 0.4) is 0 Å². The van der Waals surface area contributed by atoms with E-state index >= 15 is 0 Å². The van der Waals surface area contributed by atoms with Crippen molar-refractivity contribution < 1.29 is 4.42 Å². The number of fused-ring (bicyclic) bond motifs is 6. The van der Waals surface area contributed by atoms with Gasteiger partial charge in [0.05, 0.1) is 5.52 Å². The molecule has 0 spiro atoms. The quantitative estimate of drug-likeness (QED) is 0.174. The highest BCUT2D eigenvalue weighted by Gasteiger charge is 2.17. The number of anilines is 3. The molecule has 51 heavy (non-hydrogen) atoms. The predicted octanol–water partition coefficient (Wildman–Crippen LogP) is 11.5. The van der Waals surface area contributed by atoms with Gasteiger partial charge in [-0.1, -0.05) is 109 Å². The lowest BCUT2D eigenvalue weighted by Crippen LogP contribution is -2.09. The Morgan fingerprint density at radius 3 is 1.63 bits per heavy atom. The summed E-state index contributed by atoms with van der Waals surface area (Å²) in [4.78, 5) is 7.08. The topological polar surface area (TPSA) is 29.3 Å². The Morgan fingerprint density at radius 2 is 0.922 bits per heavy atom. The summed E-state index contributed by atoms with van der Waals surface area (Å²) in [6, 6.07) is 63.0. The van der Waals surface area contributed by atoms with E-state index in [0.717, 1.165) is 66.6 Å². The predicted molar refractivity (Wildman–Crippen MR) is 218 cm³/mol. The first-order valence-electron chi connectivity index (χ1n) is 17.4. The number of pyridine rings is 1. The standard InChI is InChI=1S/C47H31BN2O/c48-47-24-17-33-10-12-38(27-44(33)49-47)32-15-20-40(21-16-32)50(39-18-13-31(14-19-39)37-11-9-30-5-1-2-6-34(30)25-37)41-22-23-42-43-26-35-7-3-4-8-36(35)28-45(43)51-46(42)29-41/h1-29H,48H2. The van der Waals surface area contributed by atoms with Crippen molar-refractivity contribution in [2.45, 2.75) is 0 Å². The minimum absolute atomic E-state index is 0.867. The van der Waals surface area contributed by atoms with Crippen LogP contribution in [0, 0.1) is 0 Å². The van der Waals surface area contributed by atoms with Crippen LogP contribution in [-0.2, 0) is 0 Å². The first-order chi connectivity index (χ1) is 25.1. The highest BCUT2D eigenvalue weighted by molar-refractivity contribution is 6.31. The van der Waals surface area contributed by atoms with Crippen LogP contribution in [0.25, 0.3) is 76.6 Å². The number of benzene rings is 8. The number of nitrogens with zero attached hydrogens (tertiary/aromatic N) is 2. The van der Waals surface area contributed by atoms with Crippen molar-refractivity contribution in [3.63, 3.8) is 0 Å². The van der Waals surface area contributed by atoms with Gasteiger partial charge in [0.15, 0.2) is 7.85 Å². The summed E-state index contributed by atoms with van der Waals surface area (Å²) < 4.78 is 6.52. The van der Waals surface area contributed by atoms with Crippen LogP contribution in [0.15, 0.2) is 180 Å². The number of hydrogen-bond acceptors (Lipinski definition) is 3. The molecule has 3 nitrogen and oxygen atoms in total. The second-order valence-electron chi connectivity index (χ2n) is 13.3. The highest BCUT2D eigenvalue weighted by Crippen LogP contribution is 2.40. The molecule has 0 atom stereocenters. The fourth-order valence-corrected chi connectivity index (χ4v) is 7.41. The number of rotatable bonds is 5. The molecule has 0 N–H and O–H groups in total. The van der Waals surface area contributed by atoms with Crippen LogP contribution in [0.1, 0.15) is 0 Å². The SMILES string of the molecule is Bc1ccc2ccc(-c3ccc(N(c4ccc(-c5ccc6ccccc6c5)cc4)c4ccc5c(c4)oc4cc6ccccc6cc45)cc3)cc2n1. The minimum Gasteiger partial charge on any atom is -0.456 e. The summed E-state index contributed by atoms with van der Waals surface area (Å²) in [6.45, 7) is 0. The van der Waals surface area contributed by atoms with Crippen LogP contribution < -0.4 is 10.5 Å². The third-order valence-electron chi connectivity index (χ3n) is 10.1. The first-order valence-corrected chi connectivity index (χ1v) is 17.4. The molecule has 0 aliphatic carbocycles. The average molecular weight is 651 g/mol. The molecule has 2 aromatic heterocycles. The van der Waals surface area contributed by atoms with Crippen molar-refractivity contribution in [2.75, 3.05) is 4.90 Å². The molecule has 10 aromatic rings. The Bertz CT molecular complexity index is 2930. The van der Waals surface area contributed by atoms with Gasteiger partial charge >= 0.3 is 0 Å². The van der Waals surface area contributed by atoms with Crippen LogP contribution in [0.5, 0.6) is 0 Å². The average Bonchev–Trinajstić information content (AvgIpc) is 3.53. The smallest absolute Gasteiger partial charge is 0.163 e. The Morgan fingerprint density at radius 1 is 0.392 bits per heavy atom. The molecule has 0 saturated heterocycles. The lowest BCUT2D eigenvalue weighted by molar-refractivity contribution is 0.669. The van der Waals surface area contributed by atoms with Crippen molar-refractivity contribution in [2.24, 2.45) is 0 Å². The second kappa shape index (κ2) is 11.8. The van der Waals surface area contributed by atoms with Crippen molar-refractivity contribution in [1.82, 2.24) is 4.98 Å². The van der Waals surface area contributed by atoms with Gasteiger partial charge in [-0.2, -0.15) is 0 Å². The maximum absolute atomic E-state index is 6.52. The fourth-order valence-electron chi connectivity index (χ4n) is 7.41. The molecule has 0 fully saturated rings. The van der Waals surface area contributed by atoms with E-state index in [1.807, 2.05) is 7.85 Å². The fraction of sp³-hybridized carbons (Fsp3) is 0. The molecule has 2 heterocycles. The number of aromatic nitrogens is 1. The zero-order valence-corrected chi connectivity index (χ0v) is 28.0. The van der Waals surface area contributed by atoms with E-state index in [1.165, 1.54) is 32.7 Å². The Hall–Kier alpha value is -6.65. The lowest BCUT2D eigenvalue weighted by atomic mass is 9.99. The maximum atomic E-state index is 6.52. The molecule has 0 unspecified atom stereocenters. The van der Waals surface area contributed by atoms with Crippen LogP contribution >= 0.6 is 0 Å².